The molecule has 0 radical (unpaired) electrons. The normalized spacial score (nSPS) is 18.7. The Balaban J connectivity index is 1.43. The quantitative estimate of drug-likeness (QED) is 0.819. The number of aromatic nitrogens is 1. The molecule has 3 heterocycles. The molecule has 0 N–H and O–H groups in total. The fraction of sp³-hybridized carbons (Fsp3) is 0.500. The third-order valence-electron chi connectivity index (χ3n) is 5.94. The average Bonchev–Trinajstić information content (AvgIpc) is 2.73. The molecule has 2 aliphatic rings. The number of hydrogen-bond donors (Lipinski definition) is 0. The first-order chi connectivity index (χ1) is 13.1. The maximum Gasteiger partial charge on any atom is 0.255 e. The predicted molar refractivity (Wildman–Crippen MR) is 106 cm³/mol. The van der Waals surface area contributed by atoms with Gasteiger partial charge in [0.2, 0.25) is 5.91 Å². The summed E-state index contributed by atoms with van der Waals surface area (Å²) in [6.07, 6.45) is 5.01. The van der Waals surface area contributed by atoms with Crippen molar-refractivity contribution >= 4 is 22.7 Å². The van der Waals surface area contributed by atoms with Gasteiger partial charge in [-0.15, -0.1) is 0 Å². The summed E-state index contributed by atoms with van der Waals surface area (Å²) < 4.78 is 0. The van der Waals surface area contributed by atoms with Crippen molar-refractivity contribution in [1.82, 2.24) is 14.8 Å². The SMILES string of the molecule is Cc1nc2ccccc2cc1C(=O)N1CCC(C(=O)N2CCCCC2)CC1. The van der Waals surface area contributed by atoms with Gasteiger partial charge in [0, 0.05) is 37.5 Å². The van der Waals surface area contributed by atoms with Crippen LogP contribution in [-0.4, -0.2) is 52.8 Å². The molecule has 0 bridgehead atoms. The van der Waals surface area contributed by atoms with Crippen LogP contribution in [0, 0.1) is 12.8 Å². The van der Waals surface area contributed by atoms with Crippen LogP contribution in [0.25, 0.3) is 10.9 Å². The smallest absolute Gasteiger partial charge is 0.255 e. The molecule has 5 heteroatoms. The second kappa shape index (κ2) is 7.67. The minimum atomic E-state index is 0.0367. The van der Waals surface area contributed by atoms with Crippen molar-refractivity contribution in [1.29, 1.82) is 0 Å². The Morgan fingerprint density at radius 3 is 2.41 bits per heavy atom. The highest BCUT2D eigenvalue weighted by Gasteiger charge is 2.31. The van der Waals surface area contributed by atoms with Crippen LogP contribution in [-0.2, 0) is 4.79 Å². The van der Waals surface area contributed by atoms with Gasteiger partial charge >= 0.3 is 0 Å². The number of likely N-dealkylation sites (tertiary alicyclic amines) is 2. The first-order valence-corrected chi connectivity index (χ1v) is 10.1. The number of para-hydroxylation sites is 1. The van der Waals surface area contributed by atoms with E-state index in [0.717, 1.165) is 55.4 Å². The Labute approximate surface area is 160 Å². The number of amides is 2. The Bertz CT molecular complexity index is 850. The van der Waals surface area contributed by atoms with E-state index in [4.69, 9.17) is 0 Å². The minimum Gasteiger partial charge on any atom is -0.342 e. The largest absolute Gasteiger partial charge is 0.342 e. The van der Waals surface area contributed by atoms with Gasteiger partial charge in [-0.2, -0.15) is 0 Å². The summed E-state index contributed by atoms with van der Waals surface area (Å²) in [5, 5.41) is 0.988. The maximum absolute atomic E-state index is 13.0. The van der Waals surface area contributed by atoms with Gasteiger partial charge in [0.05, 0.1) is 16.8 Å². The highest BCUT2D eigenvalue weighted by molar-refractivity contribution is 5.98. The lowest BCUT2D eigenvalue weighted by molar-refractivity contribution is -0.137. The molecule has 2 aliphatic heterocycles. The zero-order valence-corrected chi connectivity index (χ0v) is 16.0. The second-order valence-corrected chi connectivity index (χ2v) is 7.77. The molecule has 2 aromatic rings. The van der Waals surface area contributed by atoms with Gasteiger partial charge in [0.1, 0.15) is 0 Å². The van der Waals surface area contributed by atoms with Crippen LogP contribution < -0.4 is 0 Å². The van der Waals surface area contributed by atoms with Crippen molar-refractivity contribution in [2.45, 2.75) is 39.0 Å². The van der Waals surface area contributed by atoms with Gasteiger partial charge in [-0.3, -0.25) is 14.6 Å². The third kappa shape index (κ3) is 3.68. The molecule has 4 rings (SSSR count). The number of nitrogens with zero attached hydrogens (tertiary/aromatic N) is 3. The Morgan fingerprint density at radius 2 is 1.67 bits per heavy atom. The number of pyridine rings is 1. The predicted octanol–water partition coefficient (Wildman–Crippen LogP) is 3.41. The average molecular weight is 365 g/mol. The maximum atomic E-state index is 13.0. The van der Waals surface area contributed by atoms with Crippen LogP contribution in [0.3, 0.4) is 0 Å². The van der Waals surface area contributed by atoms with Gasteiger partial charge < -0.3 is 9.80 Å². The monoisotopic (exact) mass is 365 g/mol. The van der Waals surface area contributed by atoms with Gasteiger partial charge in [-0.25, -0.2) is 0 Å². The molecule has 142 valence electrons. The Kier molecular flexibility index (Phi) is 5.10. The molecule has 2 amide bonds. The number of rotatable bonds is 2. The first kappa shape index (κ1) is 18.0. The summed E-state index contributed by atoms with van der Waals surface area (Å²) in [6, 6.07) is 9.83. The van der Waals surface area contributed by atoms with Crippen LogP contribution in [0.15, 0.2) is 30.3 Å². The molecule has 27 heavy (non-hydrogen) atoms. The number of hydrogen-bond acceptors (Lipinski definition) is 3. The number of piperidine rings is 2. The van der Waals surface area contributed by atoms with E-state index in [1.54, 1.807) is 0 Å². The van der Waals surface area contributed by atoms with Crippen molar-refractivity contribution in [3.8, 4) is 0 Å². The molecule has 0 unspecified atom stereocenters. The van der Waals surface area contributed by atoms with E-state index in [2.05, 4.69) is 4.98 Å². The van der Waals surface area contributed by atoms with Crippen molar-refractivity contribution in [3.05, 3.63) is 41.6 Å². The van der Waals surface area contributed by atoms with E-state index in [1.807, 2.05) is 47.1 Å². The summed E-state index contributed by atoms with van der Waals surface area (Å²) in [7, 11) is 0. The van der Waals surface area contributed by atoms with Crippen LogP contribution in [0.1, 0.15) is 48.2 Å². The standard InChI is InChI=1S/C22H27N3O2/c1-16-19(15-18-7-3-4-8-20(18)23-16)22(27)25-13-9-17(10-14-25)21(26)24-11-5-2-6-12-24/h3-4,7-8,15,17H,2,5-6,9-14H2,1H3. The van der Waals surface area contributed by atoms with Gasteiger partial charge in [-0.05, 0) is 51.2 Å². The van der Waals surface area contributed by atoms with E-state index in [9.17, 15) is 9.59 Å². The van der Waals surface area contributed by atoms with Crippen LogP contribution in [0.4, 0.5) is 0 Å². The molecule has 5 nitrogen and oxygen atoms in total. The van der Waals surface area contributed by atoms with Crippen LogP contribution in [0.2, 0.25) is 0 Å². The third-order valence-corrected chi connectivity index (χ3v) is 5.94. The van der Waals surface area contributed by atoms with Crippen LogP contribution >= 0.6 is 0 Å². The number of benzene rings is 1. The molecule has 1 aromatic heterocycles. The van der Waals surface area contributed by atoms with E-state index < -0.39 is 0 Å². The molecule has 0 atom stereocenters. The summed E-state index contributed by atoms with van der Waals surface area (Å²) >= 11 is 0. The van der Waals surface area contributed by atoms with Gasteiger partial charge in [-0.1, -0.05) is 18.2 Å². The molecular weight excluding hydrogens is 338 g/mol. The van der Waals surface area contributed by atoms with Crippen molar-refractivity contribution in [2.24, 2.45) is 5.92 Å². The zero-order valence-electron chi connectivity index (χ0n) is 16.0. The van der Waals surface area contributed by atoms with Crippen molar-refractivity contribution in [3.63, 3.8) is 0 Å². The summed E-state index contributed by atoms with van der Waals surface area (Å²) in [5.41, 5.74) is 2.36. The molecule has 0 saturated carbocycles. The topological polar surface area (TPSA) is 53.5 Å². The molecular formula is C22H27N3O2. The van der Waals surface area contributed by atoms with Crippen molar-refractivity contribution in [2.75, 3.05) is 26.2 Å². The van der Waals surface area contributed by atoms with Gasteiger partial charge in [0.25, 0.3) is 5.91 Å². The first-order valence-electron chi connectivity index (χ1n) is 10.1. The highest BCUT2D eigenvalue weighted by Crippen LogP contribution is 2.24. The second-order valence-electron chi connectivity index (χ2n) is 7.77. The summed E-state index contributed by atoms with van der Waals surface area (Å²) in [6.45, 7) is 5.00. The number of carbonyl (C=O) groups excluding carboxylic acids is 2. The fourth-order valence-electron chi connectivity index (χ4n) is 4.30. The molecule has 2 fully saturated rings. The van der Waals surface area contributed by atoms with Crippen molar-refractivity contribution < 1.29 is 9.59 Å². The lowest BCUT2D eigenvalue weighted by Gasteiger charge is -2.35. The highest BCUT2D eigenvalue weighted by atomic mass is 16.2. The number of carbonyl (C=O) groups is 2. The Morgan fingerprint density at radius 1 is 0.963 bits per heavy atom. The van der Waals surface area contributed by atoms with Gasteiger partial charge in [0.15, 0.2) is 0 Å². The van der Waals surface area contributed by atoms with E-state index in [0.29, 0.717) is 24.6 Å². The summed E-state index contributed by atoms with van der Waals surface area (Å²) in [5.74, 6) is 0.406. The summed E-state index contributed by atoms with van der Waals surface area (Å²) in [4.78, 5) is 34.3. The lowest BCUT2D eigenvalue weighted by atomic mass is 9.93. The minimum absolute atomic E-state index is 0.0367. The molecule has 2 saturated heterocycles. The molecule has 1 aromatic carbocycles. The lowest BCUT2D eigenvalue weighted by Crippen LogP contribution is -2.45. The fourth-order valence-corrected chi connectivity index (χ4v) is 4.30. The number of fused-ring (bicyclic) bond motifs is 1. The molecule has 0 aliphatic carbocycles. The van der Waals surface area contributed by atoms with E-state index in [1.165, 1.54) is 6.42 Å². The number of aryl methyl sites for hydroxylation is 1. The molecule has 0 spiro atoms. The van der Waals surface area contributed by atoms with E-state index in [-0.39, 0.29) is 11.8 Å². The zero-order chi connectivity index (χ0) is 18.8. The van der Waals surface area contributed by atoms with E-state index >= 15 is 0 Å². The van der Waals surface area contributed by atoms with Crippen LogP contribution in [0.5, 0.6) is 0 Å². The Hall–Kier alpha value is -2.43.